The zero-order valence-electron chi connectivity index (χ0n) is 9.72. The van der Waals surface area contributed by atoms with E-state index in [4.69, 9.17) is 0 Å². The molecule has 2 atom stereocenters. The van der Waals surface area contributed by atoms with Crippen LogP contribution in [0.1, 0.15) is 19.3 Å². The molecule has 2 saturated carbocycles. The largest absolute Gasteiger partial charge is 0.223 e. The standard InChI is InChI=1S/C13H14Br2O2S/c14-13(15)10-7-4-8-11(13)12(10)18(16,17)9-5-2-1-3-6-9/h1-3,5-6,10-12H,4,7-8H2. The normalized spacial score (nSPS) is 33.8. The molecule has 1 aromatic rings. The van der Waals surface area contributed by atoms with Gasteiger partial charge in [-0.15, -0.1) is 0 Å². The first-order valence-electron chi connectivity index (χ1n) is 6.12. The number of benzene rings is 1. The van der Waals surface area contributed by atoms with Crippen LogP contribution in [0.5, 0.6) is 0 Å². The van der Waals surface area contributed by atoms with Gasteiger partial charge < -0.3 is 0 Å². The predicted molar refractivity (Wildman–Crippen MR) is 78.8 cm³/mol. The fourth-order valence-electron chi connectivity index (χ4n) is 3.35. The molecular weight excluding hydrogens is 380 g/mol. The summed E-state index contributed by atoms with van der Waals surface area (Å²) in [4.78, 5) is 0.461. The van der Waals surface area contributed by atoms with E-state index < -0.39 is 9.84 Å². The molecule has 2 aliphatic carbocycles. The van der Waals surface area contributed by atoms with Crippen molar-refractivity contribution >= 4 is 41.7 Å². The summed E-state index contributed by atoms with van der Waals surface area (Å²) >= 11 is 7.33. The summed E-state index contributed by atoms with van der Waals surface area (Å²) < 4.78 is 25.2. The number of hydrogen-bond acceptors (Lipinski definition) is 2. The van der Waals surface area contributed by atoms with Crippen LogP contribution in [-0.4, -0.2) is 16.9 Å². The van der Waals surface area contributed by atoms with Crippen molar-refractivity contribution in [2.75, 3.05) is 0 Å². The van der Waals surface area contributed by atoms with Crippen molar-refractivity contribution in [3.63, 3.8) is 0 Å². The maximum absolute atomic E-state index is 12.7. The molecular formula is C13H14Br2O2S. The Hall–Kier alpha value is 0.130. The lowest BCUT2D eigenvalue weighted by Gasteiger charge is -2.58. The van der Waals surface area contributed by atoms with Crippen LogP contribution in [0.15, 0.2) is 35.2 Å². The topological polar surface area (TPSA) is 34.1 Å². The highest BCUT2D eigenvalue weighted by atomic mass is 79.9. The second kappa shape index (κ2) is 4.32. The van der Waals surface area contributed by atoms with E-state index in [1.54, 1.807) is 24.3 Å². The fraction of sp³-hybridized carbons (Fsp3) is 0.538. The minimum Gasteiger partial charge on any atom is -0.223 e. The molecule has 0 spiro atoms. The first-order valence-corrected chi connectivity index (χ1v) is 9.25. The van der Waals surface area contributed by atoms with Gasteiger partial charge in [-0.25, -0.2) is 8.42 Å². The van der Waals surface area contributed by atoms with E-state index in [1.807, 2.05) is 6.07 Å². The smallest absolute Gasteiger partial charge is 0.181 e. The van der Waals surface area contributed by atoms with E-state index in [-0.39, 0.29) is 20.3 Å². The molecule has 0 N–H and O–H groups in total. The molecule has 18 heavy (non-hydrogen) atoms. The average Bonchev–Trinajstić information content (AvgIpc) is 2.39. The highest BCUT2D eigenvalue weighted by molar-refractivity contribution is 9.25. The lowest BCUT2D eigenvalue weighted by atomic mass is 9.64. The van der Waals surface area contributed by atoms with E-state index >= 15 is 0 Å². The van der Waals surface area contributed by atoms with Crippen molar-refractivity contribution in [3.8, 4) is 0 Å². The summed E-state index contributed by atoms with van der Waals surface area (Å²) in [6.07, 6.45) is 3.09. The molecule has 0 saturated heterocycles. The van der Waals surface area contributed by atoms with E-state index in [0.717, 1.165) is 19.3 Å². The SMILES string of the molecule is O=S(=O)(c1ccccc1)C1C2CCCC1C2(Br)Br. The molecule has 2 aliphatic rings. The van der Waals surface area contributed by atoms with Crippen molar-refractivity contribution in [1.82, 2.24) is 0 Å². The van der Waals surface area contributed by atoms with Gasteiger partial charge in [-0.3, -0.25) is 0 Å². The Balaban J connectivity index is 1.98. The Morgan fingerprint density at radius 2 is 1.61 bits per heavy atom. The van der Waals surface area contributed by atoms with Gasteiger partial charge >= 0.3 is 0 Å². The van der Waals surface area contributed by atoms with Gasteiger partial charge in [0.25, 0.3) is 0 Å². The number of fused-ring (bicyclic) bond motifs is 2. The maximum atomic E-state index is 12.7. The third-order valence-electron chi connectivity index (χ3n) is 4.24. The van der Waals surface area contributed by atoms with Crippen molar-refractivity contribution < 1.29 is 8.42 Å². The van der Waals surface area contributed by atoms with Gasteiger partial charge in [-0.1, -0.05) is 56.5 Å². The Kier molecular flexibility index (Phi) is 3.15. The summed E-state index contributed by atoms with van der Waals surface area (Å²) in [5.74, 6) is 0.364. The van der Waals surface area contributed by atoms with Crippen LogP contribution >= 0.6 is 31.9 Å². The van der Waals surface area contributed by atoms with E-state index in [2.05, 4.69) is 31.9 Å². The van der Waals surface area contributed by atoms with Gasteiger partial charge in [0.15, 0.2) is 9.84 Å². The van der Waals surface area contributed by atoms with Crippen molar-refractivity contribution in [2.24, 2.45) is 11.8 Å². The molecule has 98 valence electrons. The molecule has 0 amide bonds. The zero-order chi connectivity index (χ0) is 13.0. The Morgan fingerprint density at radius 3 is 2.11 bits per heavy atom. The maximum Gasteiger partial charge on any atom is 0.181 e. The highest BCUT2D eigenvalue weighted by Crippen LogP contribution is 2.64. The van der Waals surface area contributed by atoms with Crippen LogP contribution in [0.25, 0.3) is 0 Å². The summed E-state index contributed by atoms with van der Waals surface area (Å²) in [7, 11) is -3.19. The lowest BCUT2D eigenvalue weighted by Crippen LogP contribution is -2.63. The first kappa shape index (κ1) is 13.1. The number of rotatable bonds is 2. The van der Waals surface area contributed by atoms with Crippen molar-refractivity contribution in [3.05, 3.63) is 30.3 Å². The molecule has 2 nitrogen and oxygen atoms in total. The minimum atomic E-state index is -3.19. The number of halogens is 2. The van der Waals surface area contributed by atoms with Crippen LogP contribution in [0, 0.1) is 11.8 Å². The molecule has 0 heterocycles. The quantitative estimate of drug-likeness (QED) is 0.717. The predicted octanol–water partition coefficient (Wildman–Crippen LogP) is 3.74. The number of alkyl halides is 2. The van der Waals surface area contributed by atoms with E-state index in [9.17, 15) is 8.42 Å². The minimum absolute atomic E-state index is 0.162. The Morgan fingerprint density at radius 1 is 1.06 bits per heavy atom. The lowest BCUT2D eigenvalue weighted by molar-refractivity contribution is 0.121. The Labute approximate surface area is 124 Å². The zero-order valence-corrected chi connectivity index (χ0v) is 13.7. The van der Waals surface area contributed by atoms with Gasteiger partial charge in [-0.2, -0.15) is 0 Å². The summed E-state index contributed by atoms with van der Waals surface area (Å²) in [5, 5.41) is -0.229. The summed E-state index contributed by atoms with van der Waals surface area (Å²) in [6.45, 7) is 0. The Bertz CT molecular complexity index is 540. The molecule has 2 fully saturated rings. The molecule has 3 rings (SSSR count). The number of hydrogen-bond donors (Lipinski definition) is 0. The second-order valence-corrected chi connectivity index (χ2v) is 10.9. The molecule has 0 radical (unpaired) electrons. The molecule has 0 aliphatic heterocycles. The third kappa shape index (κ3) is 1.74. The summed E-state index contributed by atoms with van der Waals surface area (Å²) in [5.41, 5.74) is 0. The van der Waals surface area contributed by atoms with Crippen LogP contribution in [0.3, 0.4) is 0 Å². The second-order valence-electron chi connectivity index (χ2n) is 5.14. The average molecular weight is 394 g/mol. The molecule has 0 aromatic heterocycles. The van der Waals surface area contributed by atoms with Crippen LogP contribution in [0.2, 0.25) is 0 Å². The van der Waals surface area contributed by atoms with Crippen molar-refractivity contribution in [1.29, 1.82) is 0 Å². The molecule has 1 aromatic carbocycles. The van der Waals surface area contributed by atoms with E-state index in [1.165, 1.54) is 0 Å². The van der Waals surface area contributed by atoms with Gasteiger partial charge in [-0.05, 0) is 25.0 Å². The van der Waals surface area contributed by atoms with E-state index in [0.29, 0.717) is 4.90 Å². The molecule has 2 bridgehead atoms. The van der Waals surface area contributed by atoms with Gasteiger partial charge in [0, 0.05) is 11.8 Å². The monoisotopic (exact) mass is 392 g/mol. The van der Waals surface area contributed by atoms with Crippen molar-refractivity contribution in [2.45, 2.75) is 32.6 Å². The van der Waals surface area contributed by atoms with Crippen LogP contribution < -0.4 is 0 Å². The third-order valence-corrected chi connectivity index (χ3v) is 8.90. The molecule has 2 unspecified atom stereocenters. The number of sulfone groups is 1. The highest BCUT2D eigenvalue weighted by Gasteiger charge is 2.65. The first-order chi connectivity index (χ1) is 8.45. The molecule has 5 heteroatoms. The fourth-order valence-corrected chi connectivity index (χ4v) is 8.52. The van der Waals surface area contributed by atoms with Gasteiger partial charge in [0.2, 0.25) is 0 Å². The van der Waals surface area contributed by atoms with Crippen LogP contribution in [-0.2, 0) is 9.84 Å². The van der Waals surface area contributed by atoms with Gasteiger partial charge in [0.05, 0.1) is 13.4 Å². The van der Waals surface area contributed by atoms with Crippen LogP contribution in [0.4, 0.5) is 0 Å². The summed E-state index contributed by atoms with van der Waals surface area (Å²) in [6, 6.07) is 8.83. The van der Waals surface area contributed by atoms with Gasteiger partial charge in [0.1, 0.15) is 0 Å².